The maximum atomic E-state index is 11.5. The topological polar surface area (TPSA) is 42.0 Å². The number of hydrogen-bond acceptors (Lipinski definition) is 2. The van der Waals surface area contributed by atoms with Crippen LogP contribution in [-0.2, 0) is 4.79 Å². The molecule has 2 aromatic rings. The molecule has 0 atom stereocenters. The van der Waals surface area contributed by atoms with E-state index in [4.69, 9.17) is 0 Å². The smallest absolute Gasteiger partial charge is 0.244 e. The number of fused-ring (bicyclic) bond motifs is 1. The SMILES string of the molecule is CCCNC(=O)/C=C/c1ccc2cccc(C)c2n1. The molecule has 0 saturated carbocycles. The Bertz CT molecular complexity index is 617. The molecule has 1 amide bonds. The van der Waals surface area contributed by atoms with Gasteiger partial charge in [-0.25, -0.2) is 4.98 Å². The Morgan fingerprint density at radius 3 is 2.95 bits per heavy atom. The molecule has 1 aromatic heterocycles. The standard InChI is InChI=1S/C16H18N2O/c1-3-11-17-15(19)10-9-14-8-7-13-6-4-5-12(2)16(13)18-14/h4-10H,3,11H2,1-2H3,(H,17,19)/b10-9+. The summed E-state index contributed by atoms with van der Waals surface area (Å²) in [4.78, 5) is 16.0. The van der Waals surface area contributed by atoms with Crippen LogP contribution in [0.15, 0.2) is 36.4 Å². The van der Waals surface area contributed by atoms with Crippen molar-refractivity contribution >= 4 is 22.9 Å². The molecule has 0 bridgehead atoms. The van der Waals surface area contributed by atoms with E-state index < -0.39 is 0 Å². The van der Waals surface area contributed by atoms with E-state index in [2.05, 4.69) is 10.3 Å². The summed E-state index contributed by atoms with van der Waals surface area (Å²) < 4.78 is 0. The molecule has 0 fully saturated rings. The van der Waals surface area contributed by atoms with Crippen LogP contribution in [0.5, 0.6) is 0 Å². The minimum Gasteiger partial charge on any atom is -0.353 e. The average molecular weight is 254 g/mol. The highest BCUT2D eigenvalue weighted by atomic mass is 16.1. The molecule has 0 aliphatic carbocycles. The van der Waals surface area contributed by atoms with Crippen LogP contribution < -0.4 is 5.32 Å². The van der Waals surface area contributed by atoms with Crippen LogP contribution in [0.1, 0.15) is 24.6 Å². The first-order valence-corrected chi connectivity index (χ1v) is 6.53. The van der Waals surface area contributed by atoms with Gasteiger partial charge in [0.15, 0.2) is 0 Å². The number of aromatic nitrogens is 1. The number of nitrogens with one attached hydrogen (secondary N) is 1. The predicted octanol–water partition coefficient (Wildman–Crippen LogP) is 3.08. The molecular weight excluding hydrogens is 236 g/mol. The summed E-state index contributed by atoms with van der Waals surface area (Å²) in [7, 11) is 0. The average Bonchev–Trinajstić information content (AvgIpc) is 2.43. The van der Waals surface area contributed by atoms with Gasteiger partial charge in [-0.15, -0.1) is 0 Å². The summed E-state index contributed by atoms with van der Waals surface area (Å²) in [6.45, 7) is 4.77. The van der Waals surface area contributed by atoms with Crippen LogP contribution in [0.4, 0.5) is 0 Å². The molecule has 0 saturated heterocycles. The number of benzene rings is 1. The van der Waals surface area contributed by atoms with E-state index in [1.54, 1.807) is 6.08 Å². The third kappa shape index (κ3) is 3.41. The molecule has 0 aliphatic rings. The molecule has 1 heterocycles. The first kappa shape index (κ1) is 13.3. The van der Waals surface area contributed by atoms with Crippen LogP contribution in [0.25, 0.3) is 17.0 Å². The van der Waals surface area contributed by atoms with Crippen LogP contribution in [0, 0.1) is 6.92 Å². The summed E-state index contributed by atoms with van der Waals surface area (Å²) in [5.41, 5.74) is 2.93. The second kappa shape index (κ2) is 6.14. The number of rotatable bonds is 4. The molecule has 2 rings (SSSR count). The highest BCUT2D eigenvalue weighted by molar-refractivity contribution is 5.92. The Hall–Kier alpha value is -2.16. The van der Waals surface area contributed by atoms with Crippen LogP contribution in [-0.4, -0.2) is 17.4 Å². The molecule has 3 heteroatoms. The van der Waals surface area contributed by atoms with Gasteiger partial charge in [0.1, 0.15) is 0 Å². The normalized spacial score (nSPS) is 11.1. The monoisotopic (exact) mass is 254 g/mol. The third-order valence-corrected chi connectivity index (χ3v) is 2.90. The lowest BCUT2D eigenvalue weighted by Crippen LogP contribution is -2.21. The molecule has 3 nitrogen and oxygen atoms in total. The van der Waals surface area contributed by atoms with Gasteiger partial charge in [-0.1, -0.05) is 31.2 Å². The van der Waals surface area contributed by atoms with Crippen molar-refractivity contribution in [1.29, 1.82) is 0 Å². The number of hydrogen-bond donors (Lipinski definition) is 1. The Kier molecular flexibility index (Phi) is 4.29. The molecule has 0 radical (unpaired) electrons. The van der Waals surface area contributed by atoms with Crippen molar-refractivity contribution in [1.82, 2.24) is 10.3 Å². The van der Waals surface area contributed by atoms with E-state index >= 15 is 0 Å². The largest absolute Gasteiger partial charge is 0.353 e. The van der Waals surface area contributed by atoms with Crippen molar-refractivity contribution < 1.29 is 4.79 Å². The lowest BCUT2D eigenvalue weighted by Gasteiger charge is -2.02. The number of carbonyl (C=O) groups is 1. The van der Waals surface area contributed by atoms with E-state index in [1.165, 1.54) is 6.08 Å². The van der Waals surface area contributed by atoms with Crippen molar-refractivity contribution in [2.45, 2.75) is 20.3 Å². The van der Waals surface area contributed by atoms with Crippen molar-refractivity contribution in [2.75, 3.05) is 6.54 Å². The van der Waals surface area contributed by atoms with Gasteiger partial charge in [0.25, 0.3) is 0 Å². The first-order valence-electron chi connectivity index (χ1n) is 6.53. The van der Waals surface area contributed by atoms with Crippen LogP contribution in [0.2, 0.25) is 0 Å². The Morgan fingerprint density at radius 1 is 1.32 bits per heavy atom. The zero-order chi connectivity index (χ0) is 13.7. The summed E-state index contributed by atoms with van der Waals surface area (Å²) in [6, 6.07) is 10.0. The van der Waals surface area contributed by atoms with Crippen LogP contribution >= 0.6 is 0 Å². The number of carbonyl (C=O) groups excluding carboxylic acids is 1. The van der Waals surface area contributed by atoms with Crippen molar-refractivity contribution in [3.8, 4) is 0 Å². The summed E-state index contributed by atoms with van der Waals surface area (Å²) >= 11 is 0. The molecule has 0 spiro atoms. The number of nitrogens with zero attached hydrogens (tertiary/aromatic N) is 1. The third-order valence-electron chi connectivity index (χ3n) is 2.90. The predicted molar refractivity (Wildman–Crippen MR) is 78.8 cm³/mol. The molecular formula is C16H18N2O. The highest BCUT2D eigenvalue weighted by Gasteiger charge is 1.99. The second-order valence-electron chi connectivity index (χ2n) is 4.51. The summed E-state index contributed by atoms with van der Waals surface area (Å²) in [5, 5.41) is 3.92. The highest BCUT2D eigenvalue weighted by Crippen LogP contribution is 2.16. The number of aryl methyl sites for hydroxylation is 1. The van der Waals surface area contributed by atoms with Gasteiger partial charge in [0, 0.05) is 18.0 Å². The van der Waals surface area contributed by atoms with Crippen LogP contribution in [0.3, 0.4) is 0 Å². The molecule has 1 aromatic carbocycles. The number of amides is 1. The number of para-hydroxylation sites is 1. The molecule has 19 heavy (non-hydrogen) atoms. The van der Waals surface area contributed by atoms with Gasteiger partial charge >= 0.3 is 0 Å². The zero-order valence-electron chi connectivity index (χ0n) is 11.3. The van der Waals surface area contributed by atoms with Crippen molar-refractivity contribution in [3.05, 3.63) is 47.7 Å². The molecule has 0 aliphatic heterocycles. The summed E-state index contributed by atoms with van der Waals surface area (Å²) in [5.74, 6) is -0.0754. The van der Waals surface area contributed by atoms with E-state index in [0.29, 0.717) is 6.54 Å². The number of pyridine rings is 1. The lowest BCUT2D eigenvalue weighted by atomic mass is 10.1. The second-order valence-corrected chi connectivity index (χ2v) is 4.51. The zero-order valence-corrected chi connectivity index (χ0v) is 11.3. The van der Waals surface area contributed by atoms with E-state index in [9.17, 15) is 4.79 Å². The Balaban J connectivity index is 2.19. The fraction of sp³-hybridized carbons (Fsp3) is 0.250. The van der Waals surface area contributed by atoms with Crippen molar-refractivity contribution in [3.63, 3.8) is 0 Å². The van der Waals surface area contributed by atoms with Gasteiger partial charge in [0.05, 0.1) is 11.2 Å². The van der Waals surface area contributed by atoms with E-state index in [-0.39, 0.29) is 5.91 Å². The van der Waals surface area contributed by atoms with Gasteiger partial charge in [-0.2, -0.15) is 0 Å². The fourth-order valence-electron chi connectivity index (χ4n) is 1.87. The quantitative estimate of drug-likeness (QED) is 0.852. The minimum atomic E-state index is -0.0754. The van der Waals surface area contributed by atoms with E-state index in [0.717, 1.165) is 28.6 Å². The minimum absolute atomic E-state index is 0.0754. The maximum absolute atomic E-state index is 11.5. The Morgan fingerprint density at radius 2 is 2.16 bits per heavy atom. The molecule has 1 N–H and O–H groups in total. The fourth-order valence-corrected chi connectivity index (χ4v) is 1.87. The van der Waals surface area contributed by atoms with Gasteiger partial charge < -0.3 is 5.32 Å². The van der Waals surface area contributed by atoms with Crippen molar-refractivity contribution in [2.24, 2.45) is 0 Å². The summed E-state index contributed by atoms with van der Waals surface area (Å²) in [6.07, 6.45) is 4.21. The lowest BCUT2D eigenvalue weighted by molar-refractivity contribution is -0.116. The van der Waals surface area contributed by atoms with Gasteiger partial charge in [-0.05, 0) is 31.1 Å². The van der Waals surface area contributed by atoms with Gasteiger partial charge in [0.2, 0.25) is 5.91 Å². The van der Waals surface area contributed by atoms with E-state index in [1.807, 2.05) is 44.2 Å². The van der Waals surface area contributed by atoms with Gasteiger partial charge in [-0.3, -0.25) is 4.79 Å². The first-order chi connectivity index (χ1) is 9.20. The Labute approximate surface area is 113 Å². The molecule has 98 valence electrons. The maximum Gasteiger partial charge on any atom is 0.244 e. The molecule has 0 unspecified atom stereocenters.